The summed E-state index contributed by atoms with van der Waals surface area (Å²) in [7, 11) is 1.31. The zero-order valence-corrected chi connectivity index (χ0v) is 13.7. The molecule has 0 saturated carbocycles. The van der Waals surface area contributed by atoms with E-state index in [2.05, 4.69) is 20.7 Å². The van der Waals surface area contributed by atoms with E-state index in [-0.39, 0.29) is 6.54 Å². The normalized spacial score (nSPS) is 9.80. The van der Waals surface area contributed by atoms with Crippen LogP contribution in [0.5, 0.6) is 0 Å². The highest BCUT2D eigenvalue weighted by molar-refractivity contribution is 5.96. The summed E-state index contributed by atoms with van der Waals surface area (Å²) < 4.78 is 4.61. The Morgan fingerprint density at radius 1 is 0.960 bits per heavy atom. The fourth-order valence-corrected chi connectivity index (χ4v) is 2.02. The maximum atomic E-state index is 11.8. The van der Waals surface area contributed by atoms with E-state index in [9.17, 15) is 14.4 Å². The lowest BCUT2D eigenvalue weighted by molar-refractivity contribution is -0.118. The molecule has 0 unspecified atom stereocenters. The van der Waals surface area contributed by atoms with E-state index < -0.39 is 17.9 Å². The average Bonchev–Trinajstić information content (AvgIpc) is 2.65. The van der Waals surface area contributed by atoms with Crippen LogP contribution >= 0.6 is 0 Å². The van der Waals surface area contributed by atoms with Crippen molar-refractivity contribution >= 4 is 23.6 Å². The number of amides is 3. The third kappa shape index (κ3) is 5.98. The lowest BCUT2D eigenvalue weighted by atomic mass is 10.2. The minimum absolute atomic E-state index is 0.0731. The molecule has 0 aliphatic rings. The van der Waals surface area contributed by atoms with E-state index in [0.29, 0.717) is 17.8 Å². The third-order valence-electron chi connectivity index (χ3n) is 3.31. The van der Waals surface area contributed by atoms with Crippen molar-refractivity contribution in [1.29, 1.82) is 0 Å². The van der Waals surface area contributed by atoms with Gasteiger partial charge in [-0.25, -0.2) is 9.59 Å². The van der Waals surface area contributed by atoms with Crippen molar-refractivity contribution in [3.05, 3.63) is 65.7 Å². The van der Waals surface area contributed by atoms with Crippen molar-refractivity contribution < 1.29 is 19.1 Å². The van der Waals surface area contributed by atoms with Crippen LogP contribution < -0.4 is 16.0 Å². The van der Waals surface area contributed by atoms with Gasteiger partial charge in [0.15, 0.2) is 0 Å². The Bertz CT molecular complexity index is 730. The fraction of sp³-hybridized carbons (Fsp3) is 0.167. The van der Waals surface area contributed by atoms with Gasteiger partial charge < -0.3 is 15.4 Å². The second kappa shape index (κ2) is 9.07. The standard InChI is InChI=1S/C18H19N3O4/c1-25-17(23)14-7-9-15(10-8-14)19-12-16(22)21-18(24)20-11-13-5-3-2-4-6-13/h2-10,19H,11-12H2,1H3,(H2,20,21,22,24). The molecule has 2 aromatic carbocycles. The number of anilines is 1. The fourth-order valence-electron chi connectivity index (χ4n) is 2.02. The van der Waals surface area contributed by atoms with Gasteiger partial charge in [-0.3, -0.25) is 10.1 Å². The van der Waals surface area contributed by atoms with Crippen molar-refractivity contribution in [2.45, 2.75) is 6.54 Å². The highest BCUT2D eigenvalue weighted by atomic mass is 16.5. The largest absolute Gasteiger partial charge is 0.465 e. The average molecular weight is 341 g/mol. The number of imide groups is 1. The molecule has 2 rings (SSSR count). The van der Waals surface area contributed by atoms with Crippen LogP contribution in [0.4, 0.5) is 10.5 Å². The van der Waals surface area contributed by atoms with Gasteiger partial charge in [0.1, 0.15) is 0 Å². The molecule has 0 aliphatic heterocycles. The molecule has 130 valence electrons. The number of nitrogens with one attached hydrogen (secondary N) is 3. The van der Waals surface area contributed by atoms with Crippen molar-refractivity contribution in [2.75, 3.05) is 19.0 Å². The van der Waals surface area contributed by atoms with Crippen LogP contribution in [0.2, 0.25) is 0 Å². The van der Waals surface area contributed by atoms with Crippen molar-refractivity contribution in [3.8, 4) is 0 Å². The summed E-state index contributed by atoms with van der Waals surface area (Å²) >= 11 is 0. The molecule has 0 atom stereocenters. The van der Waals surface area contributed by atoms with Gasteiger partial charge in [0.2, 0.25) is 5.91 Å². The van der Waals surface area contributed by atoms with Crippen LogP contribution in [0, 0.1) is 0 Å². The van der Waals surface area contributed by atoms with E-state index in [4.69, 9.17) is 0 Å². The van der Waals surface area contributed by atoms with Crippen molar-refractivity contribution in [3.63, 3.8) is 0 Å². The number of hydrogen-bond donors (Lipinski definition) is 3. The number of hydrogen-bond acceptors (Lipinski definition) is 5. The Labute approximate surface area is 145 Å². The SMILES string of the molecule is COC(=O)c1ccc(NCC(=O)NC(=O)NCc2ccccc2)cc1. The zero-order valence-electron chi connectivity index (χ0n) is 13.7. The lowest BCUT2D eigenvalue weighted by Gasteiger charge is -2.09. The molecule has 0 saturated heterocycles. The molecular formula is C18H19N3O4. The molecular weight excluding hydrogens is 322 g/mol. The molecule has 0 aliphatic carbocycles. The molecule has 0 bridgehead atoms. The Morgan fingerprint density at radius 2 is 1.64 bits per heavy atom. The van der Waals surface area contributed by atoms with Crippen LogP contribution in [0.1, 0.15) is 15.9 Å². The lowest BCUT2D eigenvalue weighted by Crippen LogP contribution is -2.41. The Hall–Kier alpha value is -3.35. The summed E-state index contributed by atoms with van der Waals surface area (Å²) in [5.74, 6) is -0.901. The minimum atomic E-state index is -0.559. The smallest absolute Gasteiger partial charge is 0.337 e. The predicted molar refractivity (Wildman–Crippen MR) is 93.1 cm³/mol. The van der Waals surface area contributed by atoms with Crippen LogP contribution in [0.15, 0.2) is 54.6 Å². The summed E-state index contributed by atoms with van der Waals surface area (Å²) in [5.41, 5.74) is 2.00. The topological polar surface area (TPSA) is 96.5 Å². The molecule has 0 heterocycles. The van der Waals surface area contributed by atoms with Crippen LogP contribution in [0.25, 0.3) is 0 Å². The number of urea groups is 1. The second-order valence-electron chi connectivity index (χ2n) is 5.14. The molecule has 3 amide bonds. The minimum Gasteiger partial charge on any atom is -0.465 e. The summed E-state index contributed by atoms with van der Waals surface area (Å²) in [5, 5.41) is 7.70. The molecule has 0 aromatic heterocycles. The van der Waals surface area contributed by atoms with Gasteiger partial charge in [-0.2, -0.15) is 0 Å². The first-order valence-electron chi connectivity index (χ1n) is 7.62. The molecule has 2 aromatic rings. The molecule has 0 fully saturated rings. The Balaban J connectivity index is 1.72. The Kier molecular flexibility index (Phi) is 6.53. The number of rotatable bonds is 6. The van der Waals surface area contributed by atoms with Gasteiger partial charge in [0.25, 0.3) is 0 Å². The molecule has 0 spiro atoms. The van der Waals surface area contributed by atoms with E-state index in [0.717, 1.165) is 5.56 Å². The first-order chi connectivity index (χ1) is 12.1. The van der Waals surface area contributed by atoms with Gasteiger partial charge in [0.05, 0.1) is 19.2 Å². The molecule has 7 heteroatoms. The number of ether oxygens (including phenoxy) is 1. The number of benzene rings is 2. The summed E-state index contributed by atoms with van der Waals surface area (Å²) in [4.78, 5) is 34.7. The number of carbonyl (C=O) groups excluding carboxylic acids is 3. The van der Waals surface area contributed by atoms with Gasteiger partial charge in [-0.05, 0) is 29.8 Å². The van der Waals surface area contributed by atoms with Gasteiger partial charge in [0, 0.05) is 12.2 Å². The van der Waals surface area contributed by atoms with Gasteiger partial charge >= 0.3 is 12.0 Å². The summed E-state index contributed by atoms with van der Waals surface area (Å²) in [6.45, 7) is 0.263. The monoisotopic (exact) mass is 341 g/mol. The second-order valence-corrected chi connectivity index (χ2v) is 5.14. The zero-order chi connectivity index (χ0) is 18.1. The van der Waals surface area contributed by atoms with Crippen LogP contribution in [-0.4, -0.2) is 31.6 Å². The van der Waals surface area contributed by atoms with E-state index in [1.165, 1.54) is 7.11 Å². The maximum absolute atomic E-state index is 11.8. The summed E-state index contributed by atoms with van der Waals surface area (Å²) in [6.07, 6.45) is 0. The van der Waals surface area contributed by atoms with Gasteiger partial charge in [-0.15, -0.1) is 0 Å². The third-order valence-corrected chi connectivity index (χ3v) is 3.31. The van der Waals surface area contributed by atoms with E-state index >= 15 is 0 Å². The van der Waals surface area contributed by atoms with Crippen molar-refractivity contribution in [2.24, 2.45) is 0 Å². The van der Waals surface area contributed by atoms with E-state index in [1.54, 1.807) is 24.3 Å². The highest BCUT2D eigenvalue weighted by Gasteiger charge is 2.08. The highest BCUT2D eigenvalue weighted by Crippen LogP contribution is 2.09. The first-order valence-corrected chi connectivity index (χ1v) is 7.62. The molecule has 3 N–H and O–H groups in total. The molecule has 25 heavy (non-hydrogen) atoms. The van der Waals surface area contributed by atoms with Crippen molar-refractivity contribution in [1.82, 2.24) is 10.6 Å². The van der Waals surface area contributed by atoms with Crippen LogP contribution in [-0.2, 0) is 16.1 Å². The molecule has 0 radical (unpaired) electrons. The quantitative estimate of drug-likeness (QED) is 0.698. The van der Waals surface area contributed by atoms with E-state index in [1.807, 2.05) is 30.3 Å². The van der Waals surface area contributed by atoms with Crippen LogP contribution in [0.3, 0.4) is 0 Å². The number of carbonyl (C=O) groups is 3. The van der Waals surface area contributed by atoms with Gasteiger partial charge in [-0.1, -0.05) is 30.3 Å². The number of esters is 1. The maximum Gasteiger partial charge on any atom is 0.337 e. The Morgan fingerprint density at radius 3 is 2.28 bits per heavy atom. The first kappa shape index (κ1) is 18.0. The predicted octanol–water partition coefficient (Wildman–Crippen LogP) is 1.91. The molecule has 7 nitrogen and oxygen atoms in total. The number of methoxy groups -OCH3 is 1. The summed E-state index contributed by atoms with van der Waals surface area (Å²) in [6, 6.07) is 15.3.